The molecule has 0 aromatic rings. The van der Waals surface area contributed by atoms with Crippen LogP contribution < -0.4 is 5.73 Å². The summed E-state index contributed by atoms with van der Waals surface area (Å²) >= 11 is 0. The molecule has 2 N–H and O–H groups in total. The van der Waals surface area contributed by atoms with Gasteiger partial charge in [-0.15, -0.1) is 0 Å². The van der Waals surface area contributed by atoms with Gasteiger partial charge in [0.05, 0.1) is 18.6 Å². The molecule has 0 bridgehead atoms. The van der Waals surface area contributed by atoms with E-state index in [2.05, 4.69) is 4.74 Å². The predicted molar refractivity (Wildman–Crippen MR) is 59.8 cm³/mol. The second-order valence-corrected chi connectivity index (χ2v) is 5.06. The molecule has 4 nitrogen and oxygen atoms in total. The second-order valence-electron chi connectivity index (χ2n) is 5.06. The first-order valence-corrected chi connectivity index (χ1v) is 5.85. The summed E-state index contributed by atoms with van der Waals surface area (Å²) in [5.74, 6) is 0.0573. The highest BCUT2D eigenvalue weighted by molar-refractivity contribution is 5.77. The zero-order valence-electron chi connectivity index (χ0n) is 10.6. The molecule has 1 aliphatic heterocycles. The van der Waals surface area contributed by atoms with Crippen LogP contribution in [-0.2, 0) is 9.53 Å². The summed E-state index contributed by atoms with van der Waals surface area (Å²) in [5, 5.41) is 0. The lowest BCUT2D eigenvalue weighted by molar-refractivity contribution is -0.175. The van der Waals surface area contributed by atoms with Gasteiger partial charge in [0, 0.05) is 13.1 Å². The van der Waals surface area contributed by atoms with Crippen molar-refractivity contribution in [3.8, 4) is 0 Å². The van der Waals surface area contributed by atoms with Gasteiger partial charge >= 0.3 is 6.18 Å². The minimum absolute atomic E-state index is 0.0374. The molecule has 1 aliphatic rings. The Kier molecular flexibility index (Phi) is 4.61. The third-order valence-corrected chi connectivity index (χ3v) is 3.20. The molecule has 7 heteroatoms. The zero-order chi connectivity index (χ0) is 14.0. The van der Waals surface area contributed by atoms with Crippen molar-refractivity contribution < 1.29 is 22.7 Å². The lowest BCUT2D eigenvalue weighted by Crippen LogP contribution is -2.71. The topological polar surface area (TPSA) is 55.6 Å². The molecular weight excluding hydrogens is 249 g/mol. The van der Waals surface area contributed by atoms with Gasteiger partial charge in [-0.2, -0.15) is 13.2 Å². The van der Waals surface area contributed by atoms with Gasteiger partial charge in [-0.3, -0.25) is 4.79 Å². The summed E-state index contributed by atoms with van der Waals surface area (Å²) in [6, 6.07) is 0. The number of ether oxygens (including phenoxy) is 1. The van der Waals surface area contributed by atoms with Gasteiger partial charge in [0.25, 0.3) is 0 Å². The SMILES string of the molecule is CC(C)C1(N)CN(C(=O)CCOCC(F)(F)F)C1. The molecule has 0 aliphatic carbocycles. The third-order valence-electron chi connectivity index (χ3n) is 3.20. The molecular formula is C11H19F3N2O2. The van der Waals surface area contributed by atoms with Crippen LogP contribution in [0, 0.1) is 5.92 Å². The van der Waals surface area contributed by atoms with Crippen molar-refractivity contribution >= 4 is 5.91 Å². The number of hydrogen-bond donors (Lipinski definition) is 1. The quantitative estimate of drug-likeness (QED) is 0.761. The van der Waals surface area contributed by atoms with E-state index in [1.807, 2.05) is 13.8 Å². The predicted octanol–water partition coefficient (Wildman–Crippen LogP) is 1.15. The van der Waals surface area contributed by atoms with E-state index < -0.39 is 12.8 Å². The average Bonchev–Trinajstić information content (AvgIpc) is 2.17. The Morgan fingerprint density at radius 3 is 2.44 bits per heavy atom. The number of amides is 1. The molecule has 18 heavy (non-hydrogen) atoms. The van der Waals surface area contributed by atoms with Gasteiger partial charge in [0.2, 0.25) is 5.91 Å². The molecule has 1 fully saturated rings. The Hall–Kier alpha value is -0.820. The Morgan fingerprint density at radius 2 is 2.00 bits per heavy atom. The molecule has 1 rings (SSSR count). The maximum atomic E-state index is 11.8. The minimum atomic E-state index is -4.34. The van der Waals surface area contributed by atoms with Crippen LogP contribution in [0.1, 0.15) is 20.3 Å². The van der Waals surface area contributed by atoms with Crippen LogP contribution in [0.3, 0.4) is 0 Å². The standard InChI is InChI=1S/C11H19F3N2O2/c1-8(2)10(15)5-16(6-10)9(17)3-4-18-7-11(12,13)14/h8H,3-7,15H2,1-2H3. The van der Waals surface area contributed by atoms with E-state index in [1.165, 1.54) is 0 Å². The first kappa shape index (κ1) is 15.2. The number of nitrogens with zero attached hydrogens (tertiary/aromatic N) is 1. The highest BCUT2D eigenvalue weighted by Crippen LogP contribution is 2.26. The van der Waals surface area contributed by atoms with Crippen LogP contribution in [-0.4, -0.2) is 48.8 Å². The maximum absolute atomic E-state index is 11.8. The van der Waals surface area contributed by atoms with Crippen molar-refractivity contribution in [3.05, 3.63) is 0 Å². The highest BCUT2D eigenvalue weighted by Gasteiger charge is 2.43. The third kappa shape index (κ3) is 4.13. The molecule has 106 valence electrons. The average molecular weight is 268 g/mol. The van der Waals surface area contributed by atoms with Gasteiger partial charge in [-0.1, -0.05) is 13.8 Å². The van der Waals surface area contributed by atoms with Crippen molar-refractivity contribution in [1.82, 2.24) is 4.90 Å². The van der Waals surface area contributed by atoms with Gasteiger partial charge in [-0.05, 0) is 5.92 Å². The Balaban J connectivity index is 2.17. The molecule has 0 aromatic carbocycles. The summed E-state index contributed by atoms with van der Waals surface area (Å²) in [4.78, 5) is 13.1. The van der Waals surface area contributed by atoms with E-state index >= 15 is 0 Å². The molecule has 0 aromatic heterocycles. The molecule has 1 amide bonds. The normalized spacial score (nSPS) is 18.9. The van der Waals surface area contributed by atoms with Crippen LogP contribution in [0.4, 0.5) is 13.2 Å². The number of carbonyl (C=O) groups excluding carboxylic acids is 1. The fourth-order valence-corrected chi connectivity index (χ4v) is 1.71. The second kappa shape index (κ2) is 5.44. The molecule has 0 saturated carbocycles. The number of carbonyl (C=O) groups is 1. The number of likely N-dealkylation sites (tertiary alicyclic amines) is 1. The van der Waals surface area contributed by atoms with Crippen molar-refractivity contribution in [1.29, 1.82) is 0 Å². The molecule has 0 spiro atoms. The van der Waals surface area contributed by atoms with Crippen LogP contribution in [0.15, 0.2) is 0 Å². The Bertz CT molecular complexity index is 299. The van der Waals surface area contributed by atoms with Crippen LogP contribution in [0.25, 0.3) is 0 Å². The lowest BCUT2D eigenvalue weighted by atomic mass is 9.80. The summed E-state index contributed by atoms with van der Waals surface area (Å²) in [5.41, 5.74) is 5.65. The van der Waals surface area contributed by atoms with Gasteiger partial charge in [0.1, 0.15) is 6.61 Å². The molecule has 0 radical (unpaired) electrons. The van der Waals surface area contributed by atoms with Crippen molar-refractivity contribution in [2.75, 3.05) is 26.3 Å². The van der Waals surface area contributed by atoms with E-state index in [-0.39, 0.29) is 30.4 Å². The number of nitrogens with two attached hydrogens (primary N) is 1. The van der Waals surface area contributed by atoms with E-state index in [0.29, 0.717) is 13.1 Å². The van der Waals surface area contributed by atoms with E-state index in [4.69, 9.17) is 5.73 Å². The van der Waals surface area contributed by atoms with Crippen LogP contribution >= 0.6 is 0 Å². The van der Waals surface area contributed by atoms with Crippen LogP contribution in [0.5, 0.6) is 0 Å². The van der Waals surface area contributed by atoms with Gasteiger partial charge in [0.15, 0.2) is 0 Å². The van der Waals surface area contributed by atoms with Crippen molar-refractivity contribution in [2.45, 2.75) is 32.0 Å². The fraction of sp³-hybridized carbons (Fsp3) is 0.909. The van der Waals surface area contributed by atoms with Gasteiger partial charge in [-0.25, -0.2) is 0 Å². The zero-order valence-corrected chi connectivity index (χ0v) is 10.6. The highest BCUT2D eigenvalue weighted by atomic mass is 19.4. The molecule has 1 heterocycles. The largest absolute Gasteiger partial charge is 0.411 e. The number of halogens is 3. The molecule has 1 saturated heterocycles. The monoisotopic (exact) mass is 268 g/mol. The van der Waals surface area contributed by atoms with Crippen molar-refractivity contribution in [3.63, 3.8) is 0 Å². The maximum Gasteiger partial charge on any atom is 0.411 e. The summed E-state index contributed by atoms with van der Waals surface area (Å²) in [6.45, 7) is 3.36. The summed E-state index contributed by atoms with van der Waals surface area (Å²) < 4.78 is 39.7. The first-order valence-electron chi connectivity index (χ1n) is 5.85. The number of rotatable bonds is 5. The van der Waals surface area contributed by atoms with E-state index in [9.17, 15) is 18.0 Å². The number of hydrogen-bond acceptors (Lipinski definition) is 3. The smallest absolute Gasteiger partial charge is 0.372 e. The van der Waals surface area contributed by atoms with Gasteiger partial charge < -0.3 is 15.4 Å². The molecule has 0 atom stereocenters. The summed E-state index contributed by atoms with van der Waals surface area (Å²) in [7, 11) is 0. The Morgan fingerprint density at radius 1 is 1.44 bits per heavy atom. The van der Waals surface area contributed by atoms with Crippen molar-refractivity contribution in [2.24, 2.45) is 11.7 Å². The lowest BCUT2D eigenvalue weighted by Gasteiger charge is -2.50. The number of alkyl halides is 3. The van der Waals surface area contributed by atoms with E-state index in [0.717, 1.165) is 0 Å². The fourth-order valence-electron chi connectivity index (χ4n) is 1.71. The first-order chi connectivity index (χ1) is 8.14. The van der Waals surface area contributed by atoms with Crippen LogP contribution in [0.2, 0.25) is 0 Å². The minimum Gasteiger partial charge on any atom is -0.372 e. The summed E-state index contributed by atoms with van der Waals surface area (Å²) in [6.07, 6.45) is -4.38. The molecule has 0 unspecified atom stereocenters. The Labute approximate surface area is 104 Å². The van der Waals surface area contributed by atoms with E-state index in [1.54, 1.807) is 4.90 Å².